The van der Waals surface area contributed by atoms with Crippen LogP contribution < -0.4 is 26.2 Å². The zero-order chi connectivity index (χ0) is 38.1. The van der Waals surface area contributed by atoms with E-state index in [0.29, 0.717) is 22.7 Å². The lowest BCUT2D eigenvalue weighted by molar-refractivity contribution is 0.590. The Kier molecular flexibility index (Phi) is 3.95. The molecule has 2 nitrogen and oxygen atoms in total. The van der Waals surface area contributed by atoms with Crippen LogP contribution >= 0.6 is 0 Å². The molecule has 0 spiro atoms. The second-order valence-electron chi connectivity index (χ2n) is 13.3. The van der Waals surface area contributed by atoms with Gasteiger partial charge in [0.1, 0.15) is 0 Å². The van der Waals surface area contributed by atoms with Crippen molar-refractivity contribution in [3.05, 3.63) is 126 Å². The summed E-state index contributed by atoms with van der Waals surface area (Å²) in [6.45, 7) is 14.2. The van der Waals surface area contributed by atoms with E-state index in [1.165, 1.54) is 0 Å². The van der Waals surface area contributed by atoms with Crippen LogP contribution in [0, 0.1) is 6.92 Å². The van der Waals surface area contributed by atoms with Crippen LogP contribution in [0.15, 0.2) is 109 Å². The summed E-state index contributed by atoms with van der Waals surface area (Å²) in [6.07, 6.45) is 0. The Morgan fingerprint density at radius 1 is 0.548 bits per heavy atom. The maximum atomic E-state index is 9.09. The molecule has 3 heteroatoms. The van der Waals surface area contributed by atoms with Gasteiger partial charge in [0, 0.05) is 34.1 Å². The maximum absolute atomic E-state index is 9.09. The van der Waals surface area contributed by atoms with E-state index in [2.05, 4.69) is 53.7 Å². The fraction of sp³-hybridized carbons (Fsp3) is 0.231. The normalized spacial score (nSPS) is 17.3. The fourth-order valence-electron chi connectivity index (χ4n) is 6.27. The molecule has 7 rings (SSSR count). The average molecular weight is 557 g/mol. The highest BCUT2D eigenvalue weighted by Crippen LogP contribution is 2.45. The second-order valence-corrected chi connectivity index (χ2v) is 13.3. The Hall–Kier alpha value is -4.24. The van der Waals surface area contributed by atoms with Crippen LogP contribution in [0.4, 0.5) is 34.1 Å². The monoisotopic (exact) mass is 556 g/mol. The van der Waals surface area contributed by atoms with Gasteiger partial charge < -0.3 is 9.80 Å². The standard InChI is InChI=1S/C39H39BN2/c1-26-22-35-37-36(23-26)42(30-16-12-9-13-17-30)34-21-19-28(39(5,6)7)25-32(34)40(37)31-24-27(38(2,3)4)18-20-33(31)41(35)29-14-10-8-11-15-29/h8-25H,1-7H3/i8D,9D,10D,11D,12D,13D,14D,15D,16D,17D. The van der Waals surface area contributed by atoms with Crippen molar-refractivity contribution < 1.29 is 13.7 Å². The summed E-state index contributed by atoms with van der Waals surface area (Å²) in [5, 5.41) is 0. The summed E-state index contributed by atoms with van der Waals surface area (Å²) in [5.41, 5.74) is 7.34. The second kappa shape index (κ2) is 9.39. The summed E-state index contributed by atoms with van der Waals surface area (Å²) in [4.78, 5) is 3.51. The summed E-state index contributed by atoms with van der Waals surface area (Å²) in [6, 6.07) is 12.0. The third-order valence-corrected chi connectivity index (χ3v) is 8.36. The molecule has 2 heterocycles. The Bertz CT molecular complexity index is 2160. The van der Waals surface area contributed by atoms with Gasteiger partial charge in [-0.15, -0.1) is 0 Å². The molecule has 208 valence electrons. The predicted molar refractivity (Wildman–Crippen MR) is 183 cm³/mol. The van der Waals surface area contributed by atoms with E-state index in [1.807, 2.05) is 43.3 Å². The number of para-hydroxylation sites is 2. The van der Waals surface area contributed by atoms with Gasteiger partial charge in [0.15, 0.2) is 0 Å². The van der Waals surface area contributed by atoms with E-state index in [4.69, 9.17) is 13.7 Å². The predicted octanol–water partition coefficient (Wildman–Crippen LogP) is 8.67. The van der Waals surface area contributed by atoms with Crippen LogP contribution in [0.3, 0.4) is 0 Å². The Labute approximate surface area is 265 Å². The third kappa shape index (κ3) is 4.17. The first-order valence-corrected chi connectivity index (χ1v) is 14.3. The minimum Gasteiger partial charge on any atom is -0.311 e. The van der Waals surface area contributed by atoms with Crippen LogP contribution in [0.1, 0.15) is 71.9 Å². The van der Waals surface area contributed by atoms with E-state index in [9.17, 15) is 0 Å². The lowest BCUT2D eigenvalue weighted by atomic mass is 9.33. The van der Waals surface area contributed by atoms with Crippen molar-refractivity contribution in [1.82, 2.24) is 0 Å². The van der Waals surface area contributed by atoms with E-state index in [1.54, 1.807) is 9.80 Å². The average Bonchev–Trinajstić information content (AvgIpc) is 3.08. The van der Waals surface area contributed by atoms with Crippen molar-refractivity contribution in [1.29, 1.82) is 0 Å². The van der Waals surface area contributed by atoms with E-state index < -0.39 is 43.0 Å². The van der Waals surface area contributed by atoms with E-state index in [-0.39, 0.29) is 46.4 Å². The van der Waals surface area contributed by atoms with Crippen molar-refractivity contribution in [2.45, 2.75) is 59.3 Å². The number of anilines is 6. The molecule has 2 aliphatic heterocycles. The Morgan fingerprint density at radius 2 is 0.952 bits per heavy atom. The molecule has 0 radical (unpaired) electrons. The lowest BCUT2D eigenvalue weighted by Crippen LogP contribution is -2.61. The molecule has 0 saturated heterocycles. The van der Waals surface area contributed by atoms with Crippen LogP contribution in [0.5, 0.6) is 0 Å². The first-order valence-electron chi connectivity index (χ1n) is 19.3. The molecule has 0 aliphatic carbocycles. The minimum absolute atomic E-state index is 0.00519. The number of aryl methyl sites for hydroxylation is 1. The van der Waals surface area contributed by atoms with Crippen molar-refractivity contribution >= 4 is 57.2 Å². The van der Waals surface area contributed by atoms with Crippen LogP contribution in [-0.4, -0.2) is 6.71 Å². The zero-order valence-electron chi connectivity index (χ0n) is 35.1. The van der Waals surface area contributed by atoms with Gasteiger partial charge in [0.25, 0.3) is 6.71 Å². The summed E-state index contributed by atoms with van der Waals surface area (Å²) in [5.74, 6) is 0. The molecule has 0 unspecified atom stereocenters. The summed E-state index contributed by atoms with van der Waals surface area (Å²) in [7, 11) is 0. The number of hydrogen-bond acceptors (Lipinski definition) is 2. The Balaban J connectivity index is 1.70. The third-order valence-electron chi connectivity index (χ3n) is 8.36. The number of rotatable bonds is 2. The smallest absolute Gasteiger partial charge is 0.252 e. The highest BCUT2D eigenvalue weighted by atomic mass is 15.2. The number of nitrogens with zero attached hydrogens (tertiary/aromatic N) is 2. The zero-order valence-corrected chi connectivity index (χ0v) is 25.1. The molecule has 0 bridgehead atoms. The van der Waals surface area contributed by atoms with Gasteiger partial charge in [-0.25, -0.2) is 0 Å². The molecule has 0 atom stereocenters. The molecule has 5 aromatic rings. The van der Waals surface area contributed by atoms with Gasteiger partial charge >= 0.3 is 0 Å². The molecule has 5 aromatic carbocycles. The lowest BCUT2D eigenvalue weighted by Gasteiger charge is -2.45. The quantitative estimate of drug-likeness (QED) is 0.197. The Morgan fingerprint density at radius 3 is 1.33 bits per heavy atom. The largest absolute Gasteiger partial charge is 0.311 e. The molecular weight excluding hydrogens is 507 g/mol. The first-order chi connectivity index (χ1) is 24.2. The number of hydrogen-bond donors (Lipinski definition) is 0. The maximum Gasteiger partial charge on any atom is 0.252 e. The topological polar surface area (TPSA) is 6.48 Å². The summed E-state index contributed by atoms with van der Waals surface area (Å²) >= 11 is 0. The van der Waals surface area contributed by atoms with E-state index in [0.717, 1.165) is 33.1 Å². The summed E-state index contributed by atoms with van der Waals surface area (Å²) < 4.78 is 87.4. The highest BCUT2D eigenvalue weighted by Gasteiger charge is 2.44. The van der Waals surface area contributed by atoms with Crippen molar-refractivity contribution in [3.8, 4) is 0 Å². The van der Waals surface area contributed by atoms with Crippen molar-refractivity contribution in [3.63, 3.8) is 0 Å². The molecule has 0 N–H and O–H groups in total. The van der Waals surface area contributed by atoms with Crippen molar-refractivity contribution in [2.24, 2.45) is 0 Å². The van der Waals surface area contributed by atoms with Gasteiger partial charge in [-0.05, 0) is 99.3 Å². The van der Waals surface area contributed by atoms with Gasteiger partial charge in [0.2, 0.25) is 0 Å². The van der Waals surface area contributed by atoms with Crippen LogP contribution in [-0.2, 0) is 10.8 Å². The molecule has 2 aliphatic rings. The molecule has 0 amide bonds. The van der Waals surface area contributed by atoms with Gasteiger partial charge in [-0.2, -0.15) is 0 Å². The highest BCUT2D eigenvalue weighted by molar-refractivity contribution is 7.00. The SMILES string of the molecule is [2H]c1c([2H])c([2H])c(N2c3ccc(C(C)(C)C)cc3B3c4cc(C(C)(C)C)ccc4N(c4c([2H])c([2H])c([2H])c([2H])c4[2H])c4cc(C)cc2c43)c([2H])c1[2H]. The number of benzene rings is 5. The van der Waals surface area contributed by atoms with Gasteiger partial charge in [-0.1, -0.05) is 102 Å². The molecule has 0 fully saturated rings. The molecule has 0 aromatic heterocycles. The van der Waals surface area contributed by atoms with Crippen molar-refractivity contribution in [2.75, 3.05) is 9.80 Å². The minimum atomic E-state index is -0.487. The molecular formula is C39H39BN2. The van der Waals surface area contributed by atoms with Crippen LogP contribution in [0.2, 0.25) is 0 Å². The molecule has 0 saturated carbocycles. The van der Waals surface area contributed by atoms with Crippen LogP contribution in [0.25, 0.3) is 0 Å². The first kappa shape index (κ1) is 17.7. The van der Waals surface area contributed by atoms with E-state index >= 15 is 0 Å². The fourth-order valence-corrected chi connectivity index (χ4v) is 6.27. The number of fused-ring (bicyclic) bond motifs is 4. The van der Waals surface area contributed by atoms with Gasteiger partial charge in [-0.3, -0.25) is 0 Å². The molecule has 42 heavy (non-hydrogen) atoms. The van der Waals surface area contributed by atoms with Gasteiger partial charge in [0.05, 0.1) is 13.7 Å².